The zero-order valence-electron chi connectivity index (χ0n) is 12.4. The second kappa shape index (κ2) is 7.25. The quantitative estimate of drug-likeness (QED) is 0.694. The molecule has 1 fully saturated rings. The lowest BCUT2D eigenvalue weighted by atomic mass is 10.1. The molecule has 0 bridgehead atoms. The van der Waals surface area contributed by atoms with Gasteiger partial charge in [0.05, 0.1) is 11.6 Å². The highest BCUT2D eigenvalue weighted by Crippen LogP contribution is 2.29. The summed E-state index contributed by atoms with van der Waals surface area (Å²) in [6.07, 6.45) is 0.197. The summed E-state index contributed by atoms with van der Waals surface area (Å²) in [5, 5.41) is 3.49. The van der Waals surface area contributed by atoms with Crippen LogP contribution < -0.4 is 10.2 Å². The molecule has 24 heavy (non-hydrogen) atoms. The minimum atomic E-state index is -0.385. The van der Waals surface area contributed by atoms with Gasteiger partial charge in [0.15, 0.2) is 0 Å². The first kappa shape index (κ1) is 17.5. The molecule has 3 rings (SSSR count). The van der Waals surface area contributed by atoms with Crippen LogP contribution in [-0.2, 0) is 9.59 Å². The first-order chi connectivity index (χ1) is 11.4. The van der Waals surface area contributed by atoms with E-state index in [4.69, 9.17) is 11.6 Å². The second-order valence-corrected chi connectivity index (χ2v) is 7.70. The van der Waals surface area contributed by atoms with Gasteiger partial charge in [0.25, 0.3) is 0 Å². The Hall–Kier alpha value is -1.37. The number of carbonyl (C=O) groups is 2. The van der Waals surface area contributed by atoms with Gasteiger partial charge in [0.1, 0.15) is 0 Å². The van der Waals surface area contributed by atoms with Crippen molar-refractivity contribution in [3.63, 3.8) is 0 Å². The first-order valence-electron chi connectivity index (χ1n) is 7.26. The van der Waals surface area contributed by atoms with Crippen molar-refractivity contribution in [2.45, 2.75) is 6.42 Å². The van der Waals surface area contributed by atoms with Crippen molar-refractivity contribution in [2.24, 2.45) is 5.92 Å². The Morgan fingerprint density at radius 2 is 1.88 bits per heavy atom. The van der Waals surface area contributed by atoms with E-state index in [1.54, 1.807) is 35.2 Å². The first-order valence-corrected chi connectivity index (χ1v) is 9.22. The number of hydrogen-bond donors (Lipinski definition) is 1. The number of amides is 2. The van der Waals surface area contributed by atoms with Crippen molar-refractivity contribution in [3.05, 3.63) is 56.4 Å². The Kier molecular flexibility index (Phi) is 5.27. The third-order valence-corrected chi connectivity index (χ3v) is 5.22. The van der Waals surface area contributed by atoms with Crippen LogP contribution in [0.25, 0.3) is 0 Å². The largest absolute Gasteiger partial charge is 0.325 e. The smallest absolute Gasteiger partial charge is 0.229 e. The molecule has 1 atom stereocenters. The van der Waals surface area contributed by atoms with Gasteiger partial charge in [-0.1, -0.05) is 27.5 Å². The highest BCUT2D eigenvalue weighted by Gasteiger charge is 2.35. The number of hydrogen-bond acceptors (Lipinski definition) is 2. The van der Waals surface area contributed by atoms with E-state index in [2.05, 4.69) is 37.2 Å². The zero-order valence-corrected chi connectivity index (χ0v) is 16.4. The van der Waals surface area contributed by atoms with Gasteiger partial charge < -0.3 is 10.2 Å². The average molecular weight is 473 g/mol. The van der Waals surface area contributed by atoms with Crippen molar-refractivity contribution in [3.8, 4) is 0 Å². The Morgan fingerprint density at radius 3 is 2.54 bits per heavy atom. The summed E-state index contributed by atoms with van der Waals surface area (Å²) in [6.45, 7) is 0.362. The van der Waals surface area contributed by atoms with Crippen molar-refractivity contribution < 1.29 is 9.59 Å². The average Bonchev–Trinajstić information content (AvgIpc) is 2.93. The summed E-state index contributed by atoms with van der Waals surface area (Å²) >= 11 is 12.7. The van der Waals surface area contributed by atoms with Crippen LogP contribution in [0, 0.1) is 5.92 Å². The van der Waals surface area contributed by atoms with E-state index < -0.39 is 0 Å². The number of halogens is 3. The maximum atomic E-state index is 12.5. The SMILES string of the molecule is O=C(Nc1ccc(Br)cc1Br)C1CC(=O)N(c2ccc(Cl)cc2)C1. The summed E-state index contributed by atoms with van der Waals surface area (Å²) in [5.41, 5.74) is 1.44. The maximum absolute atomic E-state index is 12.5. The summed E-state index contributed by atoms with van der Waals surface area (Å²) in [4.78, 5) is 26.3. The monoisotopic (exact) mass is 470 g/mol. The van der Waals surface area contributed by atoms with E-state index in [9.17, 15) is 9.59 Å². The molecule has 0 aliphatic carbocycles. The van der Waals surface area contributed by atoms with Gasteiger partial charge in [0.2, 0.25) is 11.8 Å². The van der Waals surface area contributed by atoms with Crippen LogP contribution in [-0.4, -0.2) is 18.4 Å². The fraction of sp³-hybridized carbons (Fsp3) is 0.176. The molecule has 0 aromatic heterocycles. The molecule has 0 radical (unpaired) electrons. The van der Waals surface area contributed by atoms with Gasteiger partial charge in [-0.05, 0) is 58.4 Å². The predicted octanol–water partition coefficient (Wildman–Crippen LogP) is 4.86. The Labute approximate surface area is 161 Å². The van der Waals surface area contributed by atoms with Crippen LogP contribution in [0.4, 0.5) is 11.4 Å². The summed E-state index contributed by atoms with van der Waals surface area (Å²) < 4.78 is 1.70. The highest BCUT2D eigenvalue weighted by atomic mass is 79.9. The Morgan fingerprint density at radius 1 is 1.17 bits per heavy atom. The molecule has 1 heterocycles. The predicted molar refractivity (Wildman–Crippen MR) is 102 cm³/mol. The molecule has 7 heteroatoms. The standard InChI is InChI=1S/C17H13Br2ClN2O2/c18-11-1-6-15(14(19)8-11)21-17(24)10-7-16(23)22(9-10)13-4-2-12(20)3-5-13/h1-6,8,10H,7,9H2,(H,21,24). The lowest BCUT2D eigenvalue weighted by Gasteiger charge is -2.17. The summed E-state index contributed by atoms with van der Waals surface area (Å²) in [5.74, 6) is -0.612. The van der Waals surface area contributed by atoms with Crippen molar-refractivity contribution in [1.82, 2.24) is 0 Å². The third-order valence-electron chi connectivity index (χ3n) is 3.82. The number of anilines is 2. The molecule has 0 saturated carbocycles. The third kappa shape index (κ3) is 3.82. The number of nitrogens with one attached hydrogen (secondary N) is 1. The molecular formula is C17H13Br2ClN2O2. The molecule has 2 aromatic carbocycles. The zero-order chi connectivity index (χ0) is 17.3. The fourth-order valence-corrected chi connectivity index (χ4v) is 3.85. The molecule has 0 spiro atoms. The molecule has 2 amide bonds. The molecule has 2 aromatic rings. The van der Waals surface area contributed by atoms with Gasteiger partial charge in [-0.25, -0.2) is 0 Å². The number of benzene rings is 2. The number of nitrogens with zero attached hydrogens (tertiary/aromatic N) is 1. The van der Waals surface area contributed by atoms with Crippen molar-refractivity contribution in [2.75, 3.05) is 16.8 Å². The Balaban J connectivity index is 1.70. The lowest BCUT2D eigenvalue weighted by Crippen LogP contribution is -2.28. The topological polar surface area (TPSA) is 49.4 Å². The van der Waals surface area contributed by atoms with Gasteiger partial charge >= 0.3 is 0 Å². The van der Waals surface area contributed by atoms with E-state index in [0.29, 0.717) is 17.3 Å². The van der Waals surface area contributed by atoms with E-state index in [1.807, 2.05) is 12.1 Å². The van der Waals surface area contributed by atoms with Crippen LogP contribution in [0.5, 0.6) is 0 Å². The van der Waals surface area contributed by atoms with Crippen LogP contribution in [0.1, 0.15) is 6.42 Å². The normalized spacial score (nSPS) is 17.2. The fourth-order valence-electron chi connectivity index (χ4n) is 2.58. The molecule has 1 aliphatic heterocycles. The molecule has 1 aliphatic rings. The van der Waals surface area contributed by atoms with Crippen LogP contribution >= 0.6 is 43.5 Å². The van der Waals surface area contributed by atoms with Gasteiger partial charge in [0, 0.05) is 32.6 Å². The van der Waals surface area contributed by atoms with Crippen LogP contribution in [0.15, 0.2) is 51.4 Å². The molecule has 1 saturated heterocycles. The lowest BCUT2D eigenvalue weighted by molar-refractivity contribution is -0.122. The number of carbonyl (C=O) groups excluding carboxylic acids is 2. The number of rotatable bonds is 3. The van der Waals surface area contributed by atoms with Crippen molar-refractivity contribution in [1.29, 1.82) is 0 Å². The minimum absolute atomic E-state index is 0.0626. The van der Waals surface area contributed by atoms with Crippen molar-refractivity contribution >= 4 is 66.6 Å². The van der Waals surface area contributed by atoms with Gasteiger partial charge in [-0.15, -0.1) is 0 Å². The van der Waals surface area contributed by atoms with Gasteiger partial charge in [-0.3, -0.25) is 9.59 Å². The van der Waals surface area contributed by atoms with Crippen LogP contribution in [0.2, 0.25) is 5.02 Å². The summed E-state index contributed by atoms with van der Waals surface area (Å²) in [7, 11) is 0. The molecule has 4 nitrogen and oxygen atoms in total. The van der Waals surface area contributed by atoms with Crippen LogP contribution in [0.3, 0.4) is 0 Å². The second-order valence-electron chi connectivity index (χ2n) is 5.50. The highest BCUT2D eigenvalue weighted by molar-refractivity contribution is 9.11. The Bertz CT molecular complexity index is 796. The van der Waals surface area contributed by atoms with E-state index in [1.165, 1.54) is 0 Å². The molecule has 1 unspecified atom stereocenters. The van der Waals surface area contributed by atoms with E-state index >= 15 is 0 Å². The van der Waals surface area contributed by atoms with E-state index in [0.717, 1.165) is 14.6 Å². The molecule has 1 N–H and O–H groups in total. The maximum Gasteiger partial charge on any atom is 0.229 e. The minimum Gasteiger partial charge on any atom is -0.325 e. The van der Waals surface area contributed by atoms with E-state index in [-0.39, 0.29) is 24.2 Å². The molecular weight excluding hydrogens is 459 g/mol. The summed E-state index contributed by atoms with van der Waals surface area (Å²) in [6, 6.07) is 12.5. The van der Waals surface area contributed by atoms with Gasteiger partial charge in [-0.2, -0.15) is 0 Å². The molecule has 124 valence electrons.